The minimum absolute atomic E-state index is 0.0789. The van der Waals surface area contributed by atoms with E-state index in [-0.39, 0.29) is 22.5 Å². The van der Waals surface area contributed by atoms with E-state index in [1.165, 1.54) is 51.4 Å². The van der Waals surface area contributed by atoms with Gasteiger partial charge in [0.1, 0.15) is 6.10 Å². The molecule has 210 valence electrons. The molecule has 0 heterocycles. The highest BCUT2D eigenvalue weighted by Gasteiger charge is 2.59. The Bertz CT molecular complexity index is 1060. The van der Waals surface area contributed by atoms with Crippen molar-refractivity contribution in [3.8, 4) is 0 Å². The zero-order chi connectivity index (χ0) is 27.2. The lowest BCUT2D eigenvalue weighted by Crippen LogP contribution is -2.51. The molecule has 3 fully saturated rings. The Morgan fingerprint density at radius 2 is 1.82 bits per heavy atom. The van der Waals surface area contributed by atoms with E-state index < -0.39 is 0 Å². The number of benzene rings is 1. The van der Waals surface area contributed by atoms with Gasteiger partial charge in [-0.2, -0.15) is 0 Å². The van der Waals surface area contributed by atoms with Crippen molar-refractivity contribution < 1.29 is 9.53 Å². The van der Waals surface area contributed by atoms with E-state index in [0.29, 0.717) is 16.0 Å². The number of carbonyl (C=O) groups is 1. The number of rotatable bonds is 7. The van der Waals surface area contributed by atoms with Gasteiger partial charge in [0.25, 0.3) is 0 Å². The standard InChI is InChI=1S/C34H48Cl2O2/c1-21(2)8-6-9-22(3)27-14-15-28-25-13-12-23-20-24(38-32(37)26-10-7-11-30(35)31(26)36)16-18-33(23,4)29(25)17-19-34(27,28)5/h7,10-12,21-22,24-25,27-29H,6,8-9,13-20H2,1-5H3/t22-,24?,25+,27-,28+,29-,33+,34-/m1/s1. The number of esters is 1. The van der Waals surface area contributed by atoms with Crippen LogP contribution >= 0.6 is 23.2 Å². The van der Waals surface area contributed by atoms with E-state index in [1.54, 1.807) is 23.8 Å². The highest BCUT2D eigenvalue weighted by Crippen LogP contribution is 2.67. The number of fused-ring (bicyclic) bond motifs is 5. The normalized spacial score (nSPS) is 37.2. The van der Waals surface area contributed by atoms with Crippen LogP contribution in [-0.4, -0.2) is 12.1 Å². The van der Waals surface area contributed by atoms with Gasteiger partial charge in [0.2, 0.25) is 0 Å². The Labute approximate surface area is 241 Å². The zero-order valence-corrected chi connectivity index (χ0v) is 25.7. The highest BCUT2D eigenvalue weighted by atomic mass is 35.5. The second kappa shape index (κ2) is 11.1. The monoisotopic (exact) mass is 558 g/mol. The third-order valence-corrected chi connectivity index (χ3v) is 12.5. The molecule has 0 bridgehead atoms. The van der Waals surface area contributed by atoms with Crippen molar-refractivity contribution in [3.05, 3.63) is 45.5 Å². The van der Waals surface area contributed by atoms with E-state index in [9.17, 15) is 4.79 Å². The molecular formula is C34H48Cl2O2. The van der Waals surface area contributed by atoms with E-state index >= 15 is 0 Å². The molecule has 4 heteroatoms. The second-order valence-corrected chi connectivity index (χ2v) is 14.9. The summed E-state index contributed by atoms with van der Waals surface area (Å²) in [6.07, 6.45) is 16.4. The molecular weight excluding hydrogens is 511 g/mol. The van der Waals surface area contributed by atoms with Crippen LogP contribution < -0.4 is 0 Å². The van der Waals surface area contributed by atoms with Crippen LogP contribution in [0.1, 0.15) is 116 Å². The van der Waals surface area contributed by atoms with Gasteiger partial charge in [0.05, 0.1) is 15.6 Å². The molecule has 4 aliphatic carbocycles. The van der Waals surface area contributed by atoms with Crippen molar-refractivity contribution in [2.45, 2.75) is 111 Å². The Balaban J connectivity index is 1.26. The second-order valence-electron chi connectivity index (χ2n) is 14.2. The first-order valence-electron chi connectivity index (χ1n) is 15.4. The van der Waals surface area contributed by atoms with E-state index in [0.717, 1.165) is 54.8 Å². The van der Waals surface area contributed by atoms with Gasteiger partial charge in [-0.1, -0.05) is 94.8 Å². The molecule has 0 saturated heterocycles. The maximum Gasteiger partial charge on any atom is 0.339 e. The largest absolute Gasteiger partial charge is 0.458 e. The zero-order valence-electron chi connectivity index (χ0n) is 24.2. The first-order valence-corrected chi connectivity index (χ1v) is 16.1. The molecule has 0 amide bonds. The van der Waals surface area contributed by atoms with Gasteiger partial charge in [-0.3, -0.25) is 0 Å². The van der Waals surface area contributed by atoms with Crippen LogP contribution in [0.3, 0.4) is 0 Å². The summed E-state index contributed by atoms with van der Waals surface area (Å²) in [6.45, 7) is 12.5. The molecule has 5 rings (SSSR count). The fourth-order valence-corrected chi connectivity index (χ4v) is 10.0. The van der Waals surface area contributed by atoms with Gasteiger partial charge >= 0.3 is 5.97 Å². The predicted molar refractivity (Wildman–Crippen MR) is 159 cm³/mol. The van der Waals surface area contributed by atoms with Crippen LogP contribution in [0, 0.1) is 46.3 Å². The van der Waals surface area contributed by atoms with Crippen LogP contribution in [0.25, 0.3) is 0 Å². The van der Waals surface area contributed by atoms with Crippen LogP contribution in [0.2, 0.25) is 10.0 Å². The summed E-state index contributed by atoms with van der Waals surface area (Å²) in [6, 6.07) is 5.15. The summed E-state index contributed by atoms with van der Waals surface area (Å²) in [4.78, 5) is 12.9. The average molecular weight is 560 g/mol. The summed E-state index contributed by atoms with van der Waals surface area (Å²) >= 11 is 12.4. The molecule has 1 aromatic rings. The number of carbonyl (C=O) groups excluding carboxylic acids is 1. The fraction of sp³-hybridized carbons (Fsp3) is 0.735. The third-order valence-electron chi connectivity index (χ3n) is 11.7. The number of halogens is 2. The van der Waals surface area contributed by atoms with Gasteiger partial charge in [0, 0.05) is 6.42 Å². The average Bonchev–Trinajstić information content (AvgIpc) is 3.23. The molecule has 4 aliphatic rings. The maximum absolute atomic E-state index is 12.9. The summed E-state index contributed by atoms with van der Waals surface area (Å²) in [7, 11) is 0. The van der Waals surface area contributed by atoms with E-state index in [2.05, 4.69) is 40.7 Å². The number of allylic oxidation sites excluding steroid dienone is 1. The maximum atomic E-state index is 12.9. The van der Waals surface area contributed by atoms with Crippen molar-refractivity contribution in [2.75, 3.05) is 0 Å². The van der Waals surface area contributed by atoms with Crippen LogP contribution in [0.4, 0.5) is 0 Å². The fourth-order valence-electron chi connectivity index (χ4n) is 9.63. The molecule has 2 nitrogen and oxygen atoms in total. The molecule has 0 aromatic heterocycles. The van der Waals surface area contributed by atoms with Crippen molar-refractivity contribution in [1.82, 2.24) is 0 Å². The molecule has 38 heavy (non-hydrogen) atoms. The van der Waals surface area contributed by atoms with E-state index in [1.807, 2.05) is 0 Å². The van der Waals surface area contributed by atoms with Gasteiger partial charge in [-0.05, 0) is 103 Å². The molecule has 0 N–H and O–H groups in total. The van der Waals surface area contributed by atoms with E-state index in [4.69, 9.17) is 27.9 Å². The Morgan fingerprint density at radius 1 is 1.03 bits per heavy atom. The van der Waals surface area contributed by atoms with Gasteiger partial charge in [-0.25, -0.2) is 4.79 Å². The summed E-state index contributed by atoms with van der Waals surface area (Å²) in [5.74, 6) is 4.68. The van der Waals surface area contributed by atoms with Gasteiger partial charge in [-0.15, -0.1) is 0 Å². The number of ether oxygens (including phenoxy) is 1. The number of hydrogen-bond acceptors (Lipinski definition) is 2. The molecule has 8 atom stereocenters. The lowest BCUT2D eigenvalue weighted by atomic mass is 9.47. The van der Waals surface area contributed by atoms with Crippen molar-refractivity contribution in [3.63, 3.8) is 0 Å². The Hall–Kier alpha value is -0.990. The van der Waals surface area contributed by atoms with Gasteiger partial charge < -0.3 is 4.74 Å². The van der Waals surface area contributed by atoms with Gasteiger partial charge in [0.15, 0.2) is 0 Å². The van der Waals surface area contributed by atoms with Crippen LogP contribution in [-0.2, 0) is 4.74 Å². The lowest BCUT2D eigenvalue weighted by Gasteiger charge is -2.58. The van der Waals surface area contributed by atoms with Crippen molar-refractivity contribution in [2.24, 2.45) is 46.3 Å². The third kappa shape index (κ3) is 5.11. The van der Waals surface area contributed by atoms with Crippen LogP contribution in [0.5, 0.6) is 0 Å². The summed E-state index contributed by atoms with van der Waals surface area (Å²) in [5.41, 5.74) is 2.68. The molecule has 1 aromatic carbocycles. The smallest absolute Gasteiger partial charge is 0.339 e. The summed E-state index contributed by atoms with van der Waals surface area (Å²) < 4.78 is 5.99. The minimum atomic E-state index is -0.353. The number of hydrogen-bond donors (Lipinski definition) is 0. The Kier molecular flexibility index (Phi) is 8.35. The summed E-state index contributed by atoms with van der Waals surface area (Å²) in [5, 5.41) is 0.677. The molecule has 1 unspecified atom stereocenters. The first-order chi connectivity index (χ1) is 18.0. The Morgan fingerprint density at radius 3 is 2.58 bits per heavy atom. The van der Waals surface area contributed by atoms with Crippen molar-refractivity contribution in [1.29, 1.82) is 0 Å². The van der Waals surface area contributed by atoms with Crippen LogP contribution in [0.15, 0.2) is 29.8 Å². The van der Waals surface area contributed by atoms with Crippen molar-refractivity contribution >= 4 is 29.2 Å². The quantitative estimate of drug-likeness (QED) is 0.245. The molecule has 3 saturated carbocycles. The molecule has 0 spiro atoms. The first kappa shape index (κ1) is 28.5. The topological polar surface area (TPSA) is 26.3 Å². The lowest BCUT2D eigenvalue weighted by molar-refractivity contribution is -0.0594. The molecule has 0 radical (unpaired) electrons. The minimum Gasteiger partial charge on any atom is -0.458 e. The molecule has 0 aliphatic heterocycles. The SMILES string of the molecule is CC(C)CCC[C@@H](C)[C@H]1CC[C@H]2[C@@H]3CC=C4CC(OC(=O)c5cccc(Cl)c5Cl)CC[C@]4(C)[C@@H]3CC[C@]12C. The highest BCUT2D eigenvalue weighted by molar-refractivity contribution is 6.43. The predicted octanol–water partition coefficient (Wildman–Crippen LogP) is 10.6.